The lowest BCUT2D eigenvalue weighted by atomic mass is 9.91. The molecule has 8 N–H and O–H groups in total. The van der Waals surface area contributed by atoms with E-state index in [4.69, 9.17) is 0 Å². The molecule has 0 saturated carbocycles. The molecule has 2 rings (SSSR count). The highest BCUT2D eigenvalue weighted by molar-refractivity contribution is 5.76. The van der Waals surface area contributed by atoms with Crippen molar-refractivity contribution in [2.24, 2.45) is 0 Å². The first-order valence-electron chi connectivity index (χ1n) is 9.15. The summed E-state index contributed by atoms with van der Waals surface area (Å²) in [6.07, 6.45) is 4.71. The van der Waals surface area contributed by atoms with Crippen LogP contribution in [0.15, 0.2) is 60.7 Å². The summed E-state index contributed by atoms with van der Waals surface area (Å²) >= 11 is 0. The van der Waals surface area contributed by atoms with Crippen LogP contribution >= 0.6 is 0 Å². The maximum Gasteiger partial charge on any atom is 0.310 e. The first-order valence-corrected chi connectivity index (χ1v) is 9.15. The topological polar surface area (TPSA) is 145 Å². The van der Waals surface area contributed by atoms with Gasteiger partial charge in [0.05, 0.1) is 11.8 Å². The molecule has 2 atom stereocenters. The van der Waals surface area contributed by atoms with Crippen LogP contribution in [0.1, 0.15) is 61.5 Å². The van der Waals surface area contributed by atoms with Gasteiger partial charge in [0, 0.05) is 0 Å². The van der Waals surface area contributed by atoms with Crippen molar-refractivity contribution in [3.63, 3.8) is 0 Å². The molecular weight excluding hydrogens is 356 g/mol. The van der Waals surface area contributed by atoms with Crippen LogP contribution in [-0.4, -0.2) is 22.2 Å². The van der Waals surface area contributed by atoms with E-state index in [2.05, 4.69) is 0 Å². The lowest BCUT2D eigenvalue weighted by Gasteiger charge is -2.14. The zero-order valence-electron chi connectivity index (χ0n) is 16.3. The number of carboxylic acid groups (broad SMARTS) is 2. The second-order valence-corrected chi connectivity index (χ2v) is 6.59. The first-order chi connectivity index (χ1) is 12.6. The molecule has 2 aromatic carbocycles. The fourth-order valence-corrected chi connectivity index (χ4v) is 3.29. The van der Waals surface area contributed by atoms with E-state index in [1.807, 2.05) is 60.7 Å². The highest BCUT2D eigenvalue weighted by Gasteiger charge is 2.20. The van der Waals surface area contributed by atoms with E-state index in [-0.39, 0.29) is 12.3 Å². The van der Waals surface area contributed by atoms with Gasteiger partial charge in [0.15, 0.2) is 0 Å². The summed E-state index contributed by atoms with van der Waals surface area (Å²) < 4.78 is 0. The number of rotatable bonds is 11. The molecule has 0 bridgehead atoms. The van der Waals surface area contributed by atoms with Crippen molar-refractivity contribution < 1.29 is 19.8 Å². The van der Waals surface area contributed by atoms with Crippen molar-refractivity contribution in [1.82, 2.24) is 12.3 Å². The normalized spacial score (nSPS) is 12.1. The summed E-state index contributed by atoms with van der Waals surface area (Å²) in [4.78, 5) is 23.0. The Kier molecular flexibility index (Phi) is 12.2. The molecule has 154 valence electrons. The van der Waals surface area contributed by atoms with Crippen molar-refractivity contribution in [2.75, 3.05) is 0 Å². The SMILES string of the molecule is N.N.O=C(O)C(CCCCCCC(C(=O)O)c1ccccc1)c1ccccc1. The molecule has 0 spiro atoms. The van der Waals surface area contributed by atoms with Gasteiger partial charge in [0.1, 0.15) is 0 Å². The average Bonchev–Trinajstić information content (AvgIpc) is 2.65. The van der Waals surface area contributed by atoms with E-state index in [1.165, 1.54) is 0 Å². The minimum absolute atomic E-state index is 0. The molecule has 6 heteroatoms. The third kappa shape index (κ3) is 7.90. The molecule has 0 aliphatic rings. The molecule has 6 nitrogen and oxygen atoms in total. The molecule has 0 aliphatic carbocycles. The second kappa shape index (κ2) is 13.5. The highest BCUT2D eigenvalue weighted by Crippen LogP contribution is 2.25. The van der Waals surface area contributed by atoms with Gasteiger partial charge in [-0.25, -0.2) is 0 Å². The van der Waals surface area contributed by atoms with E-state index < -0.39 is 23.8 Å². The zero-order valence-corrected chi connectivity index (χ0v) is 16.3. The Morgan fingerprint density at radius 1 is 0.607 bits per heavy atom. The van der Waals surface area contributed by atoms with Crippen LogP contribution in [0.3, 0.4) is 0 Å². The fourth-order valence-electron chi connectivity index (χ4n) is 3.29. The van der Waals surface area contributed by atoms with Crippen molar-refractivity contribution in [1.29, 1.82) is 0 Å². The summed E-state index contributed by atoms with van der Waals surface area (Å²) in [6, 6.07) is 18.6. The minimum Gasteiger partial charge on any atom is -0.481 e. The number of hydrogen-bond donors (Lipinski definition) is 4. The van der Waals surface area contributed by atoms with E-state index >= 15 is 0 Å². The first kappa shape index (κ1) is 25.3. The van der Waals surface area contributed by atoms with Gasteiger partial charge >= 0.3 is 11.9 Å². The van der Waals surface area contributed by atoms with E-state index in [0.29, 0.717) is 12.8 Å². The summed E-state index contributed by atoms with van der Waals surface area (Å²) in [5.74, 6) is -2.50. The summed E-state index contributed by atoms with van der Waals surface area (Å²) in [6.45, 7) is 0. The monoisotopic (exact) mass is 388 g/mol. The van der Waals surface area contributed by atoms with E-state index in [9.17, 15) is 19.8 Å². The molecule has 0 amide bonds. The van der Waals surface area contributed by atoms with Crippen LogP contribution in [0.4, 0.5) is 0 Å². The third-order valence-electron chi connectivity index (χ3n) is 4.74. The molecule has 0 radical (unpaired) electrons. The smallest absolute Gasteiger partial charge is 0.310 e. The highest BCUT2D eigenvalue weighted by atomic mass is 16.4. The summed E-state index contributed by atoms with van der Waals surface area (Å²) in [7, 11) is 0. The van der Waals surface area contributed by atoms with Crippen molar-refractivity contribution >= 4 is 11.9 Å². The maximum atomic E-state index is 11.5. The van der Waals surface area contributed by atoms with Gasteiger partial charge in [0.2, 0.25) is 0 Å². The quantitative estimate of drug-likeness (QED) is 0.380. The molecule has 0 heterocycles. The van der Waals surface area contributed by atoms with Crippen LogP contribution in [0, 0.1) is 0 Å². The molecule has 0 aliphatic heterocycles. The number of hydrogen-bond acceptors (Lipinski definition) is 4. The Balaban J connectivity index is 0.00000364. The largest absolute Gasteiger partial charge is 0.481 e. The van der Waals surface area contributed by atoms with Gasteiger partial charge in [-0.15, -0.1) is 0 Å². The van der Waals surface area contributed by atoms with Gasteiger partial charge in [0.25, 0.3) is 0 Å². The van der Waals surface area contributed by atoms with Gasteiger partial charge in [-0.3, -0.25) is 9.59 Å². The van der Waals surface area contributed by atoms with Crippen LogP contribution in [-0.2, 0) is 9.59 Å². The van der Waals surface area contributed by atoms with Crippen LogP contribution < -0.4 is 12.3 Å². The Morgan fingerprint density at radius 3 is 1.21 bits per heavy atom. The van der Waals surface area contributed by atoms with Crippen LogP contribution in [0.5, 0.6) is 0 Å². The van der Waals surface area contributed by atoms with Crippen molar-refractivity contribution in [3.05, 3.63) is 71.8 Å². The van der Waals surface area contributed by atoms with Gasteiger partial charge < -0.3 is 22.5 Å². The molecule has 0 fully saturated rings. The van der Waals surface area contributed by atoms with Gasteiger partial charge in [-0.05, 0) is 24.0 Å². The molecule has 0 saturated heterocycles. The Hall–Kier alpha value is -2.70. The zero-order chi connectivity index (χ0) is 18.8. The lowest BCUT2D eigenvalue weighted by molar-refractivity contribution is -0.140. The summed E-state index contributed by atoms with van der Waals surface area (Å²) in [5, 5.41) is 18.8. The molecule has 2 aromatic rings. The second-order valence-electron chi connectivity index (χ2n) is 6.59. The molecule has 2 unspecified atom stereocenters. The predicted octanol–water partition coefficient (Wildman–Crippen LogP) is 5.39. The van der Waals surface area contributed by atoms with Gasteiger partial charge in [-0.1, -0.05) is 86.3 Å². The molecule has 0 aromatic heterocycles. The number of carbonyl (C=O) groups is 2. The Morgan fingerprint density at radius 2 is 0.929 bits per heavy atom. The average molecular weight is 389 g/mol. The number of carboxylic acids is 2. The standard InChI is InChI=1S/C22H26O4.2H3N/c23-21(24)19(17-11-5-3-6-12-17)15-9-1-2-10-16-20(22(25)26)18-13-7-4-8-14-18;;/h3-8,11-14,19-20H,1-2,9-10,15-16H2,(H,23,24)(H,25,26);2*1H3. The minimum atomic E-state index is -0.786. The predicted molar refractivity (Wildman–Crippen MR) is 111 cm³/mol. The maximum absolute atomic E-state index is 11.5. The number of aliphatic carboxylic acids is 2. The Bertz CT molecular complexity index is 631. The molecule has 28 heavy (non-hydrogen) atoms. The number of unbranched alkanes of at least 4 members (excludes halogenated alkanes) is 3. The van der Waals surface area contributed by atoms with E-state index in [1.54, 1.807) is 0 Å². The Labute approximate surface area is 166 Å². The van der Waals surface area contributed by atoms with Crippen LogP contribution in [0.2, 0.25) is 0 Å². The van der Waals surface area contributed by atoms with E-state index in [0.717, 1.165) is 36.8 Å². The fraction of sp³-hybridized carbons (Fsp3) is 0.364. The van der Waals surface area contributed by atoms with Crippen LogP contribution in [0.25, 0.3) is 0 Å². The van der Waals surface area contributed by atoms with Crippen molar-refractivity contribution in [2.45, 2.75) is 50.4 Å². The number of benzene rings is 2. The van der Waals surface area contributed by atoms with Crippen molar-refractivity contribution in [3.8, 4) is 0 Å². The third-order valence-corrected chi connectivity index (χ3v) is 4.74. The lowest BCUT2D eigenvalue weighted by Crippen LogP contribution is -2.12. The molecular formula is C22H32N2O4. The van der Waals surface area contributed by atoms with Gasteiger partial charge in [-0.2, -0.15) is 0 Å². The summed E-state index contributed by atoms with van der Waals surface area (Å²) in [5.41, 5.74) is 1.69.